The van der Waals surface area contributed by atoms with E-state index in [9.17, 15) is 4.79 Å². The number of para-hydroxylation sites is 2. The second-order valence-corrected chi connectivity index (χ2v) is 8.41. The van der Waals surface area contributed by atoms with Crippen LogP contribution in [0.3, 0.4) is 0 Å². The first kappa shape index (κ1) is 23.6. The van der Waals surface area contributed by atoms with E-state index in [-0.39, 0.29) is 5.91 Å². The molecule has 1 N–H and O–H groups in total. The average Bonchev–Trinajstić information content (AvgIpc) is 2.91. The molecule has 0 bridgehead atoms. The smallest absolute Gasteiger partial charge is 0.251 e. The van der Waals surface area contributed by atoms with Crippen LogP contribution >= 0.6 is 0 Å². The zero-order chi connectivity index (χ0) is 23.6. The third-order valence-corrected chi connectivity index (χ3v) is 6.08. The van der Waals surface area contributed by atoms with Gasteiger partial charge < -0.3 is 19.7 Å². The minimum absolute atomic E-state index is 0.00373. The number of ether oxygens (including phenoxy) is 2. The molecule has 0 aliphatic carbocycles. The Morgan fingerprint density at radius 3 is 2.47 bits per heavy atom. The monoisotopic (exact) mass is 459 g/mol. The van der Waals surface area contributed by atoms with Gasteiger partial charge in [-0.3, -0.25) is 9.69 Å². The molecule has 4 rings (SSSR count). The molecule has 3 aromatic rings. The third-order valence-electron chi connectivity index (χ3n) is 6.08. The number of carbonyl (C=O) groups excluding carboxylic acids is 1. The van der Waals surface area contributed by atoms with Crippen molar-refractivity contribution in [3.63, 3.8) is 0 Å². The van der Waals surface area contributed by atoms with Crippen molar-refractivity contribution in [2.45, 2.75) is 13.0 Å². The largest absolute Gasteiger partial charge is 0.497 e. The topological polar surface area (TPSA) is 54.0 Å². The van der Waals surface area contributed by atoms with Crippen molar-refractivity contribution in [3.8, 4) is 11.5 Å². The molecule has 0 radical (unpaired) electrons. The molecule has 1 heterocycles. The van der Waals surface area contributed by atoms with Gasteiger partial charge >= 0.3 is 0 Å². The van der Waals surface area contributed by atoms with Crippen LogP contribution in [0.15, 0.2) is 78.9 Å². The van der Waals surface area contributed by atoms with E-state index in [1.54, 1.807) is 7.11 Å². The van der Waals surface area contributed by atoms with E-state index in [2.05, 4.69) is 27.2 Å². The van der Waals surface area contributed by atoms with Gasteiger partial charge in [0, 0.05) is 38.3 Å². The predicted molar refractivity (Wildman–Crippen MR) is 136 cm³/mol. The predicted octanol–water partition coefficient (Wildman–Crippen LogP) is 4.22. The molecule has 1 fully saturated rings. The Kier molecular flexibility index (Phi) is 8.41. The van der Waals surface area contributed by atoms with Crippen LogP contribution in [-0.2, 0) is 6.61 Å². The fourth-order valence-corrected chi connectivity index (χ4v) is 4.17. The molecule has 1 saturated heterocycles. The number of piperazine rings is 1. The van der Waals surface area contributed by atoms with Crippen LogP contribution in [0.2, 0.25) is 0 Å². The Bertz CT molecular complexity index is 1050. The molecule has 1 amide bonds. The molecule has 6 nitrogen and oxygen atoms in total. The van der Waals surface area contributed by atoms with Gasteiger partial charge in [-0.2, -0.15) is 0 Å². The van der Waals surface area contributed by atoms with Gasteiger partial charge in [0.15, 0.2) is 0 Å². The summed E-state index contributed by atoms with van der Waals surface area (Å²) < 4.78 is 11.5. The molecule has 178 valence electrons. The Labute approximate surface area is 202 Å². The standard InChI is InChI=1S/C28H33N3O3/c1-33-25-12-7-9-23(21-25)22-34-27-14-6-5-13-26(27)31-19-17-30(18-20-31)16-8-15-29-28(32)24-10-3-2-4-11-24/h2-7,9-14,21H,8,15-20,22H2,1H3,(H,29,32). The maximum Gasteiger partial charge on any atom is 0.251 e. The van der Waals surface area contributed by atoms with Crippen molar-refractivity contribution in [3.05, 3.63) is 90.0 Å². The summed E-state index contributed by atoms with van der Waals surface area (Å²) in [7, 11) is 1.68. The first-order valence-electron chi connectivity index (χ1n) is 11.9. The molecule has 0 atom stereocenters. The first-order chi connectivity index (χ1) is 16.7. The number of anilines is 1. The Hall–Kier alpha value is -3.51. The highest BCUT2D eigenvalue weighted by atomic mass is 16.5. The molecule has 3 aromatic carbocycles. The number of amides is 1. The van der Waals surface area contributed by atoms with Crippen molar-refractivity contribution in [1.82, 2.24) is 10.2 Å². The maximum absolute atomic E-state index is 12.2. The zero-order valence-electron chi connectivity index (χ0n) is 19.8. The minimum atomic E-state index is -0.00373. The summed E-state index contributed by atoms with van der Waals surface area (Å²) in [5, 5.41) is 3.01. The van der Waals surface area contributed by atoms with Crippen molar-refractivity contribution in [2.24, 2.45) is 0 Å². The number of benzene rings is 3. The SMILES string of the molecule is COc1cccc(COc2ccccc2N2CCN(CCCNC(=O)c3ccccc3)CC2)c1. The van der Waals surface area contributed by atoms with Crippen molar-refractivity contribution >= 4 is 11.6 Å². The number of nitrogens with zero attached hydrogens (tertiary/aromatic N) is 2. The third kappa shape index (κ3) is 6.51. The quantitative estimate of drug-likeness (QED) is 0.460. The number of hydrogen-bond acceptors (Lipinski definition) is 5. The van der Waals surface area contributed by atoms with Gasteiger partial charge in [0.1, 0.15) is 18.1 Å². The Morgan fingerprint density at radius 2 is 1.68 bits per heavy atom. The molecular weight excluding hydrogens is 426 g/mol. The first-order valence-corrected chi connectivity index (χ1v) is 11.9. The molecule has 1 aliphatic rings. The number of nitrogens with one attached hydrogen (secondary N) is 1. The summed E-state index contributed by atoms with van der Waals surface area (Å²) in [6, 6.07) is 25.6. The summed E-state index contributed by atoms with van der Waals surface area (Å²) in [5.74, 6) is 1.74. The summed E-state index contributed by atoms with van der Waals surface area (Å²) in [5.41, 5.74) is 2.93. The van der Waals surface area contributed by atoms with Gasteiger partial charge in [-0.15, -0.1) is 0 Å². The van der Waals surface area contributed by atoms with Crippen LogP contribution in [0.4, 0.5) is 5.69 Å². The van der Waals surface area contributed by atoms with Crippen LogP contribution in [-0.4, -0.2) is 57.2 Å². The Morgan fingerprint density at radius 1 is 0.912 bits per heavy atom. The van der Waals surface area contributed by atoms with Crippen molar-refractivity contribution in [2.75, 3.05) is 51.3 Å². The van der Waals surface area contributed by atoms with E-state index in [4.69, 9.17) is 9.47 Å². The van der Waals surface area contributed by atoms with Gasteiger partial charge in [0.05, 0.1) is 12.8 Å². The van der Waals surface area contributed by atoms with Gasteiger partial charge in [-0.1, -0.05) is 42.5 Å². The highest BCUT2D eigenvalue weighted by Crippen LogP contribution is 2.30. The molecule has 0 spiro atoms. The van der Waals surface area contributed by atoms with Crippen molar-refractivity contribution in [1.29, 1.82) is 0 Å². The zero-order valence-corrected chi connectivity index (χ0v) is 19.8. The van der Waals surface area contributed by atoms with E-state index in [1.807, 2.05) is 66.7 Å². The van der Waals surface area contributed by atoms with E-state index in [1.165, 1.54) is 0 Å². The number of carbonyl (C=O) groups is 1. The highest BCUT2D eigenvalue weighted by Gasteiger charge is 2.19. The molecule has 1 aliphatic heterocycles. The second-order valence-electron chi connectivity index (χ2n) is 8.41. The maximum atomic E-state index is 12.2. The van der Waals surface area contributed by atoms with Crippen LogP contribution in [0.25, 0.3) is 0 Å². The van der Waals surface area contributed by atoms with Crippen LogP contribution in [0.1, 0.15) is 22.3 Å². The minimum Gasteiger partial charge on any atom is -0.497 e. The van der Waals surface area contributed by atoms with Crippen LogP contribution < -0.4 is 19.7 Å². The number of rotatable bonds is 10. The van der Waals surface area contributed by atoms with Crippen LogP contribution in [0.5, 0.6) is 11.5 Å². The van der Waals surface area contributed by atoms with Gasteiger partial charge in [-0.05, 0) is 54.9 Å². The molecule has 34 heavy (non-hydrogen) atoms. The van der Waals surface area contributed by atoms with E-state index in [0.717, 1.165) is 61.9 Å². The molecule has 6 heteroatoms. The normalized spacial score (nSPS) is 14.0. The van der Waals surface area contributed by atoms with Crippen LogP contribution in [0, 0.1) is 0 Å². The Balaban J connectivity index is 1.22. The highest BCUT2D eigenvalue weighted by molar-refractivity contribution is 5.94. The van der Waals surface area contributed by atoms with E-state index < -0.39 is 0 Å². The van der Waals surface area contributed by atoms with E-state index in [0.29, 0.717) is 18.7 Å². The van der Waals surface area contributed by atoms with Gasteiger partial charge in [0.2, 0.25) is 0 Å². The summed E-state index contributed by atoms with van der Waals surface area (Å²) >= 11 is 0. The number of hydrogen-bond donors (Lipinski definition) is 1. The fourth-order valence-electron chi connectivity index (χ4n) is 4.17. The van der Waals surface area contributed by atoms with Gasteiger partial charge in [0.25, 0.3) is 5.91 Å². The molecule has 0 unspecified atom stereocenters. The molecular formula is C28H33N3O3. The van der Waals surface area contributed by atoms with E-state index >= 15 is 0 Å². The second kappa shape index (κ2) is 12.1. The summed E-state index contributed by atoms with van der Waals surface area (Å²) in [6.45, 7) is 6.08. The lowest BCUT2D eigenvalue weighted by molar-refractivity contribution is 0.0951. The summed E-state index contributed by atoms with van der Waals surface area (Å²) in [6.07, 6.45) is 0.943. The molecule has 0 saturated carbocycles. The average molecular weight is 460 g/mol. The molecule has 0 aromatic heterocycles. The lowest BCUT2D eigenvalue weighted by Crippen LogP contribution is -2.47. The fraction of sp³-hybridized carbons (Fsp3) is 0.321. The number of methoxy groups -OCH3 is 1. The lowest BCUT2D eigenvalue weighted by Gasteiger charge is -2.36. The summed E-state index contributed by atoms with van der Waals surface area (Å²) in [4.78, 5) is 17.0. The van der Waals surface area contributed by atoms with Gasteiger partial charge in [-0.25, -0.2) is 0 Å². The lowest BCUT2D eigenvalue weighted by atomic mass is 10.2. The van der Waals surface area contributed by atoms with Crippen molar-refractivity contribution < 1.29 is 14.3 Å².